The molecule has 5 fully saturated rings. The minimum atomic E-state index is -4.35. The average Bonchev–Trinajstić information content (AvgIpc) is 3.77. The van der Waals surface area contributed by atoms with Crippen molar-refractivity contribution in [2.45, 2.75) is 132 Å². The predicted molar refractivity (Wildman–Crippen MR) is 197 cm³/mol. The van der Waals surface area contributed by atoms with E-state index in [0.29, 0.717) is 25.7 Å². The molecule has 54 heavy (non-hydrogen) atoms. The van der Waals surface area contributed by atoms with Gasteiger partial charge in [0.05, 0.1) is 19.8 Å². The minimum absolute atomic E-state index is 0.00409. The number of fused-ring (bicyclic) bond motifs is 2. The van der Waals surface area contributed by atoms with Crippen LogP contribution in [0, 0.1) is 0 Å². The van der Waals surface area contributed by atoms with E-state index in [1.54, 1.807) is 0 Å². The van der Waals surface area contributed by atoms with Crippen molar-refractivity contribution in [1.29, 1.82) is 0 Å². The van der Waals surface area contributed by atoms with Crippen LogP contribution < -0.4 is 0 Å². The maximum Gasteiger partial charge on any atom is 0.475 e. The second-order valence-electron chi connectivity index (χ2n) is 14.8. The molecule has 12 nitrogen and oxygen atoms in total. The van der Waals surface area contributed by atoms with Crippen LogP contribution in [0.2, 0.25) is 0 Å². The summed E-state index contributed by atoms with van der Waals surface area (Å²) in [5, 5.41) is 0. The third kappa shape index (κ3) is 8.66. The van der Waals surface area contributed by atoms with E-state index in [-0.39, 0.29) is 19.8 Å². The van der Waals surface area contributed by atoms with Gasteiger partial charge in [0, 0.05) is 32.8 Å². The molecule has 0 bridgehead atoms. The normalized spacial score (nSPS) is 29.8. The van der Waals surface area contributed by atoms with Crippen molar-refractivity contribution in [3.63, 3.8) is 0 Å². The van der Waals surface area contributed by atoms with E-state index in [9.17, 15) is 9.13 Å². The van der Waals surface area contributed by atoms with Gasteiger partial charge in [-0.2, -0.15) is 0 Å². The average molecular weight is 785 g/mol. The first-order valence-corrected chi connectivity index (χ1v) is 22.1. The molecule has 0 amide bonds. The van der Waals surface area contributed by atoms with Crippen LogP contribution in [0.3, 0.4) is 0 Å². The smallest absolute Gasteiger partial charge is 0.341 e. The Labute approximate surface area is 317 Å². The lowest BCUT2D eigenvalue weighted by Crippen LogP contribution is -2.62. The lowest BCUT2D eigenvalue weighted by atomic mass is 9.85. The zero-order chi connectivity index (χ0) is 37.1. The molecular formula is C40H50O12P2. The Morgan fingerprint density at radius 2 is 0.815 bits per heavy atom. The summed E-state index contributed by atoms with van der Waals surface area (Å²) in [4.78, 5) is 0. The minimum Gasteiger partial charge on any atom is -0.341 e. The molecule has 3 unspecified atom stereocenters. The number of rotatable bonds is 14. The topological polar surface area (TPSA) is 126 Å². The first kappa shape index (κ1) is 38.6. The van der Waals surface area contributed by atoms with Crippen molar-refractivity contribution >= 4 is 15.6 Å². The van der Waals surface area contributed by atoms with Gasteiger partial charge < -0.3 is 18.9 Å². The lowest BCUT2D eigenvalue weighted by Gasteiger charge is -2.43. The van der Waals surface area contributed by atoms with Gasteiger partial charge in [-0.3, -0.25) is 27.1 Å². The van der Waals surface area contributed by atoms with Crippen molar-refractivity contribution in [3.05, 3.63) is 108 Å². The molecule has 8 rings (SSSR count). The number of hydrogen-bond acceptors (Lipinski definition) is 12. The second kappa shape index (κ2) is 16.7. The molecule has 3 saturated carbocycles. The molecule has 292 valence electrons. The highest BCUT2D eigenvalue weighted by atomic mass is 31.2. The third-order valence-electron chi connectivity index (χ3n) is 11.0. The molecule has 0 radical (unpaired) electrons. The molecule has 2 saturated heterocycles. The van der Waals surface area contributed by atoms with Crippen LogP contribution in [0.1, 0.15) is 80.9 Å². The Morgan fingerprint density at radius 3 is 1.15 bits per heavy atom. The van der Waals surface area contributed by atoms with Crippen LogP contribution >= 0.6 is 15.6 Å². The van der Waals surface area contributed by atoms with E-state index in [4.69, 9.17) is 46.1 Å². The van der Waals surface area contributed by atoms with Gasteiger partial charge in [0.2, 0.25) is 0 Å². The van der Waals surface area contributed by atoms with Crippen LogP contribution in [-0.4, -0.2) is 55.3 Å². The van der Waals surface area contributed by atoms with Crippen LogP contribution in [-0.2, 0) is 75.0 Å². The Balaban J connectivity index is 1.14. The van der Waals surface area contributed by atoms with E-state index in [2.05, 4.69) is 0 Å². The fraction of sp³-hybridized carbons (Fsp3) is 0.550. The molecule has 3 aromatic rings. The summed E-state index contributed by atoms with van der Waals surface area (Å²) in [6.07, 6.45) is 2.67. The van der Waals surface area contributed by atoms with E-state index < -0.39 is 63.8 Å². The summed E-state index contributed by atoms with van der Waals surface area (Å²) in [7, 11) is -7.26. The van der Waals surface area contributed by atoms with Gasteiger partial charge in [-0.1, -0.05) is 104 Å². The largest absolute Gasteiger partial charge is 0.475 e. The van der Waals surface area contributed by atoms with E-state index in [1.807, 2.05) is 91.0 Å². The molecule has 3 aromatic carbocycles. The maximum absolute atomic E-state index is 14.9. The number of ether oxygens (including phenoxy) is 4. The van der Waals surface area contributed by atoms with Gasteiger partial charge in [-0.15, -0.1) is 0 Å². The number of benzene rings is 3. The molecule has 2 spiro atoms. The Hall–Kier alpha value is -2.28. The van der Waals surface area contributed by atoms with Crippen molar-refractivity contribution < 1.29 is 55.2 Å². The van der Waals surface area contributed by atoms with Crippen LogP contribution in [0.15, 0.2) is 91.0 Å². The maximum atomic E-state index is 14.9. The fourth-order valence-electron chi connectivity index (χ4n) is 8.30. The molecule has 2 heterocycles. The van der Waals surface area contributed by atoms with Crippen LogP contribution in [0.4, 0.5) is 0 Å². The quantitative estimate of drug-likeness (QED) is 0.145. The van der Waals surface area contributed by atoms with Gasteiger partial charge in [0.1, 0.15) is 36.6 Å². The van der Waals surface area contributed by atoms with Crippen molar-refractivity contribution in [3.8, 4) is 0 Å². The zero-order valence-corrected chi connectivity index (χ0v) is 32.4. The summed E-state index contributed by atoms with van der Waals surface area (Å²) in [5.41, 5.74) is 2.40. The monoisotopic (exact) mass is 784 g/mol. The zero-order valence-electron chi connectivity index (χ0n) is 30.6. The Morgan fingerprint density at radius 1 is 0.500 bits per heavy atom. The third-order valence-corrected chi connectivity index (χ3v) is 13.8. The van der Waals surface area contributed by atoms with Gasteiger partial charge in [-0.25, -0.2) is 9.13 Å². The van der Waals surface area contributed by atoms with E-state index >= 15 is 0 Å². The molecule has 0 N–H and O–H groups in total. The molecule has 3 aliphatic carbocycles. The van der Waals surface area contributed by atoms with Gasteiger partial charge in [-0.05, 0) is 42.4 Å². The number of hydrogen-bond donors (Lipinski definition) is 0. The summed E-state index contributed by atoms with van der Waals surface area (Å²) in [6.45, 7) is -0.0479. The highest BCUT2D eigenvalue weighted by Crippen LogP contribution is 2.61. The standard InChI is InChI=1S/C40H50O12P2/c1-43-53(41,44-27-30-17-7-2-8-18-30)51-37-33-35(49-39(47-33)23-13-5-14-24-39)38(36-34(37)48-40(50-36)25-15-6-16-26-40)52-54(42,45-28-31-19-9-3-10-20-31)46-29-32-21-11-4-12-22-32/h2-4,7-12,17-22,33-38H,5-6,13-16,23-29H2,1H3/t33-,34-,35-,36+,37?,38?,53?/m1/s1. The predicted octanol–water partition coefficient (Wildman–Crippen LogP) is 9.17. The van der Waals surface area contributed by atoms with E-state index in [0.717, 1.165) is 55.2 Å². The Kier molecular flexibility index (Phi) is 11.9. The summed E-state index contributed by atoms with van der Waals surface area (Å²) < 4.78 is 93.5. The molecule has 5 aliphatic rings. The molecule has 0 aromatic heterocycles. The molecular weight excluding hydrogens is 734 g/mol. The summed E-state index contributed by atoms with van der Waals surface area (Å²) >= 11 is 0. The molecule has 2 aliphatic heterocycles. The van der Waals surface area contributed by atoms with Crippen molar-refractivity contribution in [1.82, 2.24) is 0 Å². The first-order chi connectivity index (χ1) is 26.3. The van der Waals surface area contributed by atoms with Gasteiger partial charge in [0.15, 0.2) is 11.6 Å². The second-order valence-corrected chi connectivity index (χ2v) is 18.1. The SMILES string of the molecule is COP(=O)(OCc1ccccc1)OC1[C@@H]2OC3(CCCCC3)O[C@@H]2C(OP(=O)(OCc2ccccc2)OCc2ccccc2)[C@@H]2OC3(CCCCC3)O[C@@H]12. The van der Waals surface area contributed by atoms with Crippen molar-refractivity contribution in [2.75, 3.05) is 7.11 Å². The number of phosphoric ester groups is 2. The summed E-state index contributed by atoms with van der Waals surface area (Å²) in [5.74, 6) is -1.92. The fourth-order valence-corrected chi connectivity index (χ4v) is 10.8. The van der Waals surface area contributed by atoms with Crippen LogP contribution in [0.5, 0.6) is 0 Å². The molecule has 14 heteroatoms. The van der Waals surface area contributed by atoms with E-state index in [1.165, 1.54) is 7.11 Å². The first-order valence-electron chi connectivity index (χ1n) is 19.2. The van der Waals surface area contributed by atoms with Gasteiger partial charge in [0.25, 0.3) is 0 Å². The lowest BCUT2D eigenvalue weighted by molar-refractivity contribution is -0.223. The number of phosphoric acid groups is 2. The summed E-state index contributed by atoms with van der Waals surface area (Å²) in [6, 6.07) is 28.2. The van der Waals surface area contributed by atoms with Gasteiger partial charge >= 0.3 is 15.6 Å². The Bertz CT molecular complexity index is 1660. The molecule has 7 atom stereocenters. The highest BCUT2D eigenvalue weighted by molar-refractivity contribution is 7.48. The van der Waals surface area contributed by atoms with Crippen LogP contribution in [0.25, 0.3) is 0 Å². The highest BCUT2D eigenvalue weighted by Gasteiger charge is 2.69. The van der Waals surface area contributed by atoms with Crippen molar-refractivity contribution in [2.24, 2.45) is 0 Å².